The van der Waals surface area contributed by atoms with Crippen molar-refractivity contribution < 1.29 is 4.79 Å². The Morgan fingerprint density at radius 1 is 1.10 bits per heavy atom. The maximum absolute atomic E-state index is 12.8. The molecule has 20 heavy (non-hydrogen) atoms. The van der Waals surface area contributed by atoms with Gasteiger partial charge in [-0.1, -0.05) is 12.5 Å². The predicted octanol–water partition coefficient (Wildman–Crippen LogP) is 2.69. The van der Waals surface area contributed by atoms with Gasteiger partial charge in [0.05, 0.1) is 0 Å². The molecule has 2 aliphatic heterocycles. The Balaban J connectivity index is 1.60. The van der Waals surface area contributed by atoms with Crippen molar-refractivity contribution in [3.8, 4) is 0 Å². The average Bonchev–Trinajstić information content (AvgIpc) is 3.13. The molecular formula is C17H22N2O. The van der Waals surface area contributed by atoms with Crippen molar-refractivity contribution in [2.75, 3.05) is 6.54 Å². The molecule has 2 atom stereocenters. The number of hydrogen-bond acceptors (Lipinski definition) is 2. The van der Waals surface area contributed by atoms with Crippen LogP contribution in [0.25, 0.3) is 0 Å². The lowest BCUT2D eigenvalue weighted by molar-refractivity contribution is 0.0548. The first-order chi connectivity index (χ1) is 9.83. The van der Waals surface area contributed by atoms with Crippen LogP contribution in [0.15, 0.2) is 18.2 Å². The zero-order valence-corrected chi connectivity index (χ0v) is 11.9. The van der Waals surface area contributed by atoms with Crippen molar-refractivity contribution in [1.29, 1.82) is 0 Å². The van der Waals surface area contributed by atoms with E-state index in [-0.39, 0.29) is 5.91 Å². The molecule has 0 radical (unpaired) electrons. The van der Waals surface area contributed by atoms with Gasteiger partial charge in [-0.2, -0.15) is 0 Å². The molecule has 1 amide bonds. The molecule has 3 aliphatic rings. The van der Waals surface area contributed by atoms with Crippen molar-refractivity contribution in [2.45, 2.75) is 51.2 Å². The van der Waals surface area contributed by atoms with Crippen LogP contribution < -0.4 is 5.32 Å². The van der Waals surface area contributed by atoms with Gasteiger partial charge in [0.1, 0.15) is 0 Å². The SMILES string of the molecule is O=C(c1ccc2c(c1)CNC2)N1CCCC2CCCC21. The van der Waals surface area contributed by atoms with Crippen LogP contribution in [0, 0.1) is 5.92 Å². The summed E-state index contributed by atoms with van der Waals surface area (Å²) in [5, 5.41) is 3.35. The Kier molecular flexibility index (Phi) is 3.03. The van der Waals surface area contributed by atoms with Crippen LogP contribution in [-0.2, 0) is 13.1 Å². The number of fused-ring (bicyclic) bond motifs is 2. The highest BCUT2D eigenvalue weighted by Gasteiger charge is 2.37. The predicted molar refractivity (Wildman–Crippen MR) is 78.4 cm³/mol. The lowest BCUT2D eigenvalue weighted by atomic mass is 9.91. The zero-order valence-electron chi connectivity index (χ0n) is 11.9. The summed E-state index contributed by atoms with van der Waals surface area (Å²) < 4.78 is 0. The zero-order chi connectivity index (χ0) is 13.5. The second-order valence-corrected chi connectivity index (χ2v) is 6.49. The lowest BCUT2D eigenvalue weighted by Crippen LogP contribution is -2.46. The highest BCUT2D eigenvalue weighted by Crippen LogP contribution is 2.37. The molecule has 1 aromatic rings. The second-order valence-electron chi connectivity index (χ2n) is 6.49. The highest BCUT2D eigenvalue weighted by molar-refractivity contribution is 5.95. The van der Waals surface area contributed by atoms with Crippen LogP contribution in [0.2, 0.25) is 0 Å². The number of piperidine rings is 1. The first kappa shape index (κ1) is 12.4. The monoisotopic (exact) mass is 270 g/mol. The molecule has 1 saturated heterocycles. The fraction of sp³-hybridized carbons (Fsp3) is 0.588. The van der Waals surface area contributed by atoms with Crippen LogP contribution in [0.1, 0.15) is 53.6 Å². The number of nitrogens with zero attached hydrogens (tertiary/aromatic N) is 1. The summed E-state index contributed by atoms with van der Waals surface area (Å²) in [6.45, 7) is 2.80. The first-order valence-corrected chi connectivity index (χ1v) is 7.96. The normalized spacial score (nSPS) is 28.3. The van der Waals surface area contributed by atoms with Crippen LogP contribution in [0.4, 0.5) is 0 Å². The quantitative estimate of drug-likeness (QED) is 0.851. The molecular weight excluding hydrogens is 248 g/mol. The summed E-state index contributed by atoms with van der Waals surface area (Å²) in [7, 11) is 0. The summed E-state index contributed by atoms with van der Waals surface area (Å²) in [4.78, 5) is 15.0. The largest absolute Gasteiger partial charge is 0.335 e. The number of rotatable bonds is 1. The van der Waals surface area contributed by atoms with Crippen LogP contribution in [-0.4, -0.2) is 23.4 Å². The van der Waals surface area contributed by atoms with Crippen molar-refractivity contribution in [2.24, 2.45) is 5.92 Å². The molecule has 1 N–H and O–H groups in total. The van der Waals surface area contributed by atoms with Gasteiger partial charge in [0.25, 0.3) is 5.91 Å². The summed E-state index contributed by atoms with van der Waals surface area (Å²) in [5.41, 5.74) is 3.54. The third-order valence-corrected chi connectivity index (χ3v) is 5.34. The molecule has 2 unspecified atom stereocenters. The highest BCUT2D eigenvalue weighted by atomic mass is 16.2. The minimum atomic E-state index is 0.260. The maximum atomic E-state index is 12.8. The molecule has 1 saturated carbocycles. The van der Waals surface area contributed by atoms with E-state index in [0.717, 1.165) is 31.1 Å². The van der Waals surface area contributed by atoms with Gasteiger partial charge in [0.15, 0.2) is 0 Å². The van der Waals surface area contributed by atoms with E-state index in [1.165, 1.54) is 43.2 Å². The van der Waals surface area contributed by atoms with Crippen molar-refractivity contribution >= 4 is 5.91 Å². The van der Waals surface area contributed by atoms with Gasteiger partial charge in [-0.05, 0) is 54.9 Å². The number of carbonyl (C=O) groups excluding carboxylic acids is 1. The number of likely N-dealkylation sites (tertiary alicyclic amines) is 1. The third-order valence-electron chi connectivity index (χ3n) is 5.34. The Bertz CT molecular complexity index is 540. The van der Waals surface area contributed by atoms with Gasteiger partial charge in [-0.3, -0.25) is 4.79 Å². The van der Waals surface area contributed by atoms with E-state index >= 15 is 0 Å². The smallest absolute Gasteiger partial charge is 0.254 e. The van der Waals surface area contributed by atoms with E-state index in [0.29, 0.717) is 6.04 Å². The van der Waals surface area contributed by atoms with E-state index in [1.54, 1.807) is 0 Å². The number of carbonyl (C=O) groups is 1. The average molecular weight is 270 g/mol. The molecule has 106 valence electrons. The molecule has 1 aromatic carbocycles. The Morgan fingerprint density at radius 3 is 2.90 bits per heavy atom. The summed E-state index contributed by atoms with van der Waals surface area (Å²) in [5.74, 6) is 1.03. The third kappa shape index (κ3) is 1.96. The Hall–Kier alpha value is -1.35. The minimum Gasteiger partial charge on any atom is -0.335 e. The summed E-state index contributed by atoms with van der Waals surface area (Å²) in [6.07, 6.45) is 6.33. The topological polar surface area (TPSA) is 32.3 Å². The Morgan fingerprint density at radius 2 is 1.95 bits per heavy atom. The van der Waals surface area contributed by atoms with E-state index in [9.17, 15) is 4.79 Å². The fourth-order valence-electron chi connectivity index (χ4n) is 4.30. The number of amides is 1. The van der Waals surface area contributed by atoms with Gasteiger partial charge >= 0.3 is 0 Å². The van der Waals surface area contributed by atoms with E-state index < -0.39 is 0 Å². The van der Waals surface area contributed by atoms with Gasteiger partial charge in [0.2, 0.25) is 0 Å². The Labute approximate surface area is 120 Å². The standard InChI is InChI=1S/C17H22N2O/c20-17(13-6-7-14-10-18-11-15(14)9-13)19-8-2-4-12-3-1-5-16(12)19/h6-7,9,12,16,18H,1-5,8,10-11H2. The van der Waals surface area contributed by atoms with Crippen molar-refractivity contribution in [3.05, 3.63) is 34.9 Å². The number of hydrogen-bond donors (Lipinski definition) is 1. The molecule has 3 heteroatoms. The van der Waals surface area contributed by atoms with Gasteiger partial charge < -0.3 is 10.2 Å². The molecule has 2 heterocycles. The molecule has 3 nitrogen and oxygen atoms in total. The second kappa shape index (κ2) is 4.88. The van der Waals surface area contributed by atoms with Gasteiger partial charge in [-0.15, -0.1) is 0 Å². The van der Waals surface area contributed by atoms with Crippen molar-refractivity contribution in [1.82, 2.24) is 10.2 Å². The van der Waals surface area contributed by atoms with Gasteiger partial charge in [0, 0.05) is 31.2 Å². The van der Waals surface area contributed by atoms with Crippen LogP contribution in [0.3, 0.4) is 0 Å². The number of nitrogens with one attached hydrogen (secondary N) is 1. The van der Waals surface area contributed by atoms with E-state index in [2.05, 4.69) is 22.3 Å². The summed E-state index contributed by atoms with van der Waals surface area (Å²) in [6, 6.07) is 6.77. The molecule has 0 aromatic heterocycles. The minimum absolute atomic E-state index is 0.260. The first-order valence-electron chi connectivity index (χ1n) is 7.96. The fourth-order valence-corrected chi connectivity index (χ4v) is 4.30. The van der Waals surface area contributed by atoms with Crippen molar-refractivity contribution in [3.63, 3.8) is 0 Å². The molecule has 1 aliphatic carbocycles. The molecule has 0 spiro atoms. The maximum Gasteiger partial charge on any atom is 0.254 e. The molecule has 4 rings (SSSR count). The lowest BCUT2D eigenvalue weighted by Gasteiger charge is -2.38. The summed E-state index contributed by atoms with van der Waals surface area (Å²) >= 11 is 0. The van der Waals surface area contributed by atoms with Crippen LogP contribution >= 0.6 is 0 Å². The van der Waals surface area contributed by atoms with Gasteiger partial charge in [-0.25, -0.2) is 0 Å². The number of benzene rings is 1. The van der Waals surface area contributed by atoms with E-state index in [4.69, 9.17) is 0 Å². The molecule has 2 fully saturated rings. The van der Waals surface area contributed by atoms with E-state index in [1.807, 2.05) is 6.07 Å². The van der Waals surface area contributed by atoms with Crippen LogP contribution in [0.5, 0.6) is 0 Å². The molecule has 0 bridgehead atoms.